The average molecular weight is 182 g/mol. The molecule has 3 N–H and O–H groups in total. The van der Waals surface area contributed by atoms with Gasteiger partial charge in [0.1, 0.15) is 12.4 Å². The molecule has 1 aromatic rings. The Hall–Kier alpha value is -1.84. The fourth-order valence-electron chi connectivity index (χ4n) is 0.874. The lowest BCUT2D eigenvalue weighted by molar-refractivity contribution is 0.311. The number of aromatic hydroxyl groups is 3. The Morgan fingerprint density at radius 2 is 1.77 bits per heavy atom. The lowest BCUT2D eigenvalue weighted by atomic mass is 10.3. The largest absolute Gasteiger partial charge is 0.508 e. The van der Waals surface area contributed by atoms with Crippen LogP contribution in [0.25, 0.3) is 0 Å². The summed E-state index contributed by atoms with van der Waals surface area (Å²) in [5.41, 5.74) is 0. The van der Waals surface area contributed by atoms with E-state index in [2.05, 4.69) is 6.58 Å². The second-order valence-electron chi connectivity index (χ2n) is 2.41. The van der Waals surface area contributed by atoms with Gasteiger partial charge in [0.25, 0.3) is 0 Å². The van der Waals surface area contributed by atoms with Crippen LogP contribution in [0.1, 0.15) is 0 Å². The lowest BCUT2D eigenvalue weighted by Gasteiger charge is -2.07. The summed E-state index contributed by atoms with van der Waals surface area (Å²) in [5.74, 6) is -0.891. The number of phenolic OH excluding ortho intramolecular Hbond substituents is 3. The Kier molecular flexibility index (Phi) is 2.64. The van der Waals surface area contributed by atoms with E-state index in [-0.39, 0.29) is 29.6 Å². The second-order valence-corrected chi connectivity index (χ2v) is 2.41. The van der Waals surface area contributed by atoms with Crippen LogP contribution >= 0.6 is 0 Å². The van der Waals surface area contributed by atoms with Crippen LogP contribution in [0.2, 0.25) is 0 Å². The standard InChI is InChI=1S/C9H10O4/c1-2-3-13-9-7(11)4-6(10)5-8(9)12/h2,4-5,10-12H,1,3H2. The molecule has 0 radical (unpaired) electrons. The third-order valence-electron chi connectivity index (χ3n) is 1.38. The van der Waals surface area contributed by atoms with Gasteiger partial charge >= 0.3 is 0 Å². The molecule has 0 amide bonds. The fraction of sp³-hybridized carbons (Fsp3) is 0.111. The summed E-state index contributed by atoms with van der Waals surface area (Å²) in [6, 6.07) is 2.16. The van der Waals surface area contributed by atoms with Crippen LogP contribution in [0.4, 0.5) is 0 Å². The molecule has 1 rings (SSSR count). The van der Waals surface area contributed by atoms with Crippen molar-refractivity contribution in [2.75, 3.05) is 6.61 Å². The number of benzene rings is 1. The molecule has 1 aromatic carbocycles. The molecule has 0 saturated heterocycles. The maximum Gasteiger partial charge on any atom is 0.203 e. The van der Waals surface area contributed by atoms with E-state index in [9.17, 15) is 10.2 Å². The molecule has 0 unspecified atom stereocenters. The van der Waals surface area contributed by atoms with E-state index >= 15 is 0 Å². The first kappa shape index (κ1) is 9.25. The first-order valence-electron chi connectivity index (χ1n) is 3.63. The van der Waals surface area contributed by atoms with E-state index in [4.69, 9.17) is 9.84 Å². The highest BCUT2D eigenvalue weighted by atomic mass is 16.5. The third kappa shape index (κ3) is 2.05. The number of hydrogen-bond acceptors (Lipinski definition) is 4. The van der Waals surface area contributed by atoms with Crippen LogP contribution in [0.3, 0.4) is 0 Å². The van der Waals surface area contributed by atoms with Crippen molar-refractivity contribution in [2.24, 2.45) is 0 Å². The minimum absolute atomic E-state index is 0.0577. The van der Waals surface area contributed by atoms with Gasteiger partial charge in [-0.1, -0.05) is 12.7 Å². The van der Waals surface area contributed by atoms with Gasteiger partial charge in [-0.05, 0) is 0 Å². The van der Waals surface area contributed by atoms with Gasteiger partial charge in [-0.25, -0.2) is 0 Å². The van der Waals surface area contributed by atoms with Crippen molar-refractivity contribution in [2.45, 2.75) is 0 Å². The van der Waals surface area contributed by atoms with E-state index in [1.165, 1.54) is 6.08 Å². The van der Waals surface area contributed by atoms with E-state index in [0.717, 1.165) is 12.1 Å². The maximum atomic E-state index is 9.22. The highest BCUT2D eigenvalue weighted by molar-refractivity contribution is 5.53. The zero-order chi connectivity index (χ0) is 9.84. The molecule has 0 fully saturated rings. The first-order chi connectivity index (χ1) is 6.15. The SMILES string of the molecule is C=CCOc1c(O)cc(O)cc1O. The van der Waals surface area contributed by atoms with Gasteiger partial charge in [-0.3, -0.25) is 0 Å². The van der Waals surface area contributed by atoms with Crippen molar-refractivity contribution in [1.29, 1.82) is 0 Å². The molecule has 0 heterocycles. The molecule has 70 valence electrons. The number of phenols is 3. The average Bonchev–Trinajstić information content (AvgIpc) is 2.02. The molecule has 0 spiro atoms. The summed E-state index contributed by atoms with van der Waals surface area (Å²) < 4.78 is 4.94. The van der Waals surface area contributed by atoms with Crippen molar-refractivity contribution in [1.82, 2.24) is 0 Å². The Bertz CT molecular complexity index is 296. The minimum atomic E-state index is -0.306. The summed E-state index contributed by atoms with van der Waals surface area (Å²) in [5, 5.41) is 27.4. The van der Waals surface area contributed by atoms with Crippen LogP contribution in [-0.4, -0.2) is 21.9 Å². The van der Waals surface area contributed by atoms with E-state index in [0.29, 0.717) is 0 Å². The summed E-state index contributed by atoms with van der Waals surface area (Å²) in [6.45, 7) is 3.59. The molecule has 13 heavy (non-hydrogen) atoms. The highest BCUT2D eigenvalue weighted by Crippen LogP contribution is 2.38. The molecule has 0 aliphatic carbocycles. The molecule has 0 bridgehead atoms. The Morgan fingerprint density at radius 1 is 1.23 bits per heavy atom. The molecule has 4 nitrogen and oxygen atoms in total. The quantitative estimate of drug-likeness (QED) is 0.617. The van der Waals surface area contributed by atoms with Gasteiger partial charge in [-0.2, -0.15) is 0 Å². The summed E-state index contributed by atoms with van der Waals surface area (Å²) in [6.07, 6.45) is 1.48. The summed E-state index contributed by atoms with van der Waals surface area (Å²) in [4.78, 5) is 0. The monoisotopic (exact) mass is 182 g/mol. The zero-order valence-corrected chi connectivity index (χ0v) is 6.90. The molecular formula is C9H10O4. The predicted octanol–water partition coefficient (Wildman–Crippen LogP) is 1.37. The second kappa shape index (κ2) is 3.71. The predicted molar refractivity (Wildman–Crippen MR) is 47.1 cm³/mol. The molecule has 0 aliphatic rings. The van der Waals surface area contributed by atoms with Crippen molar-refractivity contribution < 1.29 is 20.1 Å². The normalized spacial score (nSPS) is 9.54. The van der Waals surface area contributed by atoms with Crippen LogP contribution < -0.4 is 4.74 Å². The van der Waals surface area contributed by atoms with Gasteiger partial charge in [0, 0.05) is 12.1 Å². The van der Waals surface area contributed by atoms with E-state index in [1.807, 2.05) is 0 Å². The van der Waals surface area contributed by atoms with Gasteiger partial charge in [-0.15, -0.1) is 0 Å². The Balaban J connectivity index is 2.98. The van der Waals surface area contributed by atoms with E-state index in [1.54, 1.807) is 0 Å². The first-order valence-corrected chi connectivity index (χ1v) is 3.63. The summed E-state index contributed by atoms with van der Waals surface area (Å²) >= 11 is 0. The molecule has 0 aromatic heterocycles. The summed E-state index contributed by atoms with van der Waals surface area (Å²) in [7, 11) is 0. The minimum Gasteiger partial charge on any atom is -0.508 e. The Morgan fingerprint density at radius 3 is 2.23 bits per heavy atom. The van der Waals surface area contributed by atoms with Crippen molar-refractivity contribution in [3.8, 4) is 23.0 Å². The number of rotatable bonds is 3. The van der Waals surface area contributed by atoms with Gasteiger partial charge < -0.3 is 20.1 Å². The number of hydrogen-bond donors (Lipinski definition) is 3. The topological polar surface area (TPSA) is 69.9 Å². The van der Waals surface area contributed by atoms with Gasteiger partial charge in [0.15, 0.2) is 11.5 Å². The molecule has 0 aliphatic heterocycles. The Labute approximate surface area is 75.3 Å². The third-order valence-corrected chi connectivity index (χ3v) is 1.38. The van der Waals surface area contributed by atoms with Crippen LogP contribution in [-0.2, 0) is 0 Å². The van der Waals surface area contributed by atoms with Crippen LogP contribution in [0, 0.1) is 0 Å². The highest BCUT2D eigenvalue weighted by Gasteiger charge is 2.09. The molecule has 0 atom stereocenters. The van der Waals surface area contributed by atoms with Crippen molar-refractivity contribution in [3.63, 3.8) is 0 Å². The van der Waals surface area contributed by atoms with E-state index < -0.39 is 0 Å². The smallest absolute Gasteiger partial charge is 0.203 e. The van der Waals surface area contributed by atoms with Gasteiger partial charge in [0.2, 0.25) is 5.75 Å². The van der Waals surface area contributed by atoms with Crippen LogP contribution in [0.5, 0.6) is 23.0 Å². The molecular weight excluding hydrogens is 172 g/mol. The molecule has 4 heteroatoms. The maximum absolute atomic E-state index is 9.22. The van der Waals surface area contributed by atoms with Crippen molar-refractivity contribution in [3.05, 3.63) is 24.8 Å². The lowest BCUT2D eigenvalue weighted by Crippen LogP contribution is -1.93. The fourth-order valence-corrected chi connectivity index (χ4v) is 0.874. The molecule has 0 saturated carbocycles. The number of ether oxygens (including phenoxy) is 1. The van der Waals surface area contributed by atoms with Gasteiger partial charge in [0.05, 0.1) is 0 Å². The zero-order valence-electron chi connectivity index (χ0n) is 6.90. The van der Waals surface area contributed by atoms with Crippen molar-refractivity contribution >= 4 is 0 Å². The van der Waals surface area contributed by atoms with Crippen LogP contribution in [0.15, 0.2) is 24.8 Å².